The highest BCUT2D eigenvalue weighted by atomic mass is 19.1. The van der Waals surface area contributed by atoms with Gasteiger partial charge in [-0.25, -0.2) is 9.29 Å². The van der Waals surface area contributed by atoms with Crippen LogP contribution in [-0.2, 0) is 9.59 Å². The number of hydrogen-bond donors (Lipinski definition) is 1. The zero-order valence-corrected chi connectivity index (χ0v) is 18.0. The first kappa shape index (κ1) is 21.8. The van der Waals surface area contributed by atoms with Crippen molar-refractivity contribution in [3.05, 3.63) is 95.4 Å². The third-order valence-corrected chi connectivity index (χ3v) is 4.95. The van der Waals surface area contributed by atoms with Crippen LogP contribution in [0.4, 0.5) is 15.8 Å². The topological polar surface area (TPSA) is 82.4 Å². The average Bonchev–Trinajstić information content (AvgIpc) is 3.03. The van der Waals surface area contributed by atoms with Gasteiger partial charge in [0.2, 0.25) is 0 Å². The molecule has 6 nitrogen and oxygen atoms in total. The number of halogens is 1. The zero-order chi connectivity index (χ0) is 23.5. The molecule has 0 atom stereocenters. The molecule has 0 aromatic heterocycles. The number of rotatable bonds is 6. The molecular weight excluding hydrogens is 421 g/mol. The molecule has 7 heteroatoms. The minimum absolute atomic E-state index is 0.0122. The van der Waals surface area contributed by atoms with Crippen LogP contribution in [0.5, 0.6) is 5.75 Å². The first-order valence-corrected chi connectivity index (χ1v) is 10.3. The van der Waals surface area contributed by atoms with Crippen LogP contribution in [0.1, 0.15) is 25.0 Å². The predicted molar refractivity (Wildman–Crippen MR) is 123 cm³/mol. The van der Waals surface area contributed by atoms with E-state index >= 15 is 0 Å². The molecule has 0 unspecified atom stereocenters. The lowest BCUT2D eigenvalue weighted by atomic mass is 10.0. The summed E-state index contributed by atoms with van der Waals surface area (Å²) in [4.78, 5) is 27.8. The average molecular weight is 441 g/mol. The van der Waals surface area contributed by atoms with E-state index in [1.807, 2.05) is 19.9 Å². The van der Waals surface area contributed by atoms with E-state index in [0.29, 0.717) is 28.3 Å². The number of ether oxygens (including phenoxy) is 1. The van der Waals surface area contributed by atoms with Crippen LogP contribution in [0, 0.1) is 17.1 Å². The molecule has 4 rings (SSSR count). The summed E-state index contributed by atoms with van der Waals surface area (Å²) in [6, 6.07) is 20.7. The number of nitrogens with zero attached hydrogens (tertiary/aromatic N) is 2. The smallest absolute Gasteiger partial charge is 0.282 e. The van der Waals surface area contributed by atoms with Gasteiger partial charge < -0.3 is 10.1 Å². The number of carbonyl (C=O) groups is 2. The van der Waals surface area contributed by atoms with E-state index in [9.17, 15) is 14.0 Å². The maximum atomic E-state index is 13.7. The van der Waals surface area contributed by atoms with Crippen LogP contribution in [0.15, 0.2) is 78.5 Å². The standard InChI is InChI=1S/C26H20FN3O3/c1-16(2)33-22-12-8-18(9-13-22)23-24(29-20-5-3-4-19(27)14-20)26(32)30(25(23)31)21-10-6-17(15-28)7-11-21/h3-14,16,29H,1-2H3. The van der Waals surface area contributed by atoms with E-state index in [1.165, 1.54) is 42.5 Å². The van der Waals surface area contributed by atoms with Gasteiger partial charge in [-0.1, -0.05) is 18.2 Å². The molecule has 3 aromatic carbocycles. The maximum Gasteiger partial charge on any atom is 0.282 e. The first-order valence-electron chi connectivity index (χ1n) is 10.3. The number of nitrogens with one attached hydrogen (secondary N) is 1. The van der Waals surface area contributed by atoms with Gasteiger partial charge in [-0.3, -0.25) is 9.59 Å². The molecule has 3 aromatic rings. The molecule has 164 valence electrons. The Morgan fingerprint density at radius 1 is 0.970 bits per heavy atom. The quantitative estimate of drug-likeness (QED) is 0.551. The molecule has 1 aliphatic heterocycles. The molecule has 1 N–H and O–H groups in total. The number of imide groups is 1. The summed E-state index contributed by atoms with van der Waals surface area (Å²) in [6.45, 7) is 3.82. The summed E-state index contributed by atoms with van der Waals surface area (Å²) in [5.41, 5.74) is 1.78. The molecule has 1 aliphatic rings. The second-order valence-electron chi connectivity index (χ2n) is 7.68. The Labute approximate surface area is 190 Å². The lowest BCUT2D eigenvalue weighted by molar-refractivity contribution is -0.120. The van der Waals surface area contributed by atoms with Crippen molar-refractivity contribution in [1.29, 1.82) is 5.26 Å². The lowest BCUT2D eigenvalue weighted by Gasteiger charge is -2.15. The molecule has 0 saturated heterocycles. The zero-order valence-electron chi connectivity index (χ0n) is 18.0. The van der Waals surface area contributed by atoms with Gasteiger partial charge in [-0.05, 0) is 74.0 Å². The Bertz CT molecular complexity index is 1290. The molecule has 0 spiro atoms. The van der Waals surface area contributed by atoms with Crippen LogP contribution in [0.3, 0.4) is 0 Å². The number of hydrogen-bond acceptors (Lipinski definition) is 5. The molecule has 0 bridgehead atoms. The van der Waals surface area contributed by atoms with E-state index in [2.05, 4.69) is 5.32 Å². The highest BCUT2D eigenvalue weighted by Crippen LogP contribution is 2.34. The SMILES string of the molecule is CC(C)Oc1ccc(C2=C(Nc3cccc(F)c3)C(=O)N(c3ccc(C#N)cc3)C2=O)cc1. The van der Waals surface area contributed by atoms with Crippen molar-refractivity contribution in [3.63, 3.8) is 0 Å². The second-order valence-corrected chi connectivity index (χ2v) is 7.68. The maximum absolute atomic E-state index is 13.7. The fraction of sp³-hybridized carbons (Fsp3) is 0.115. The van der Waals surface area contributed by atoms with Gasteiger partial charge in [0.05, 0.1) is 29.0 Å². The van der Waals surface area contributed by atoms with Crippen LogP contribution in [0.2, 0.25) is 0 Å². The first-order chi connectivity index (χ1) is 15.9. The summed E-state index contributed by atoms with van der Waals surface area (Å²) in [6.07, 6.45) is -0.0122. The van der Waals surface area contributed by atoms with Crippen molar-refractivity contribution in [2.45, 2.75) is 20.0 Å². The van der Waals surface area contributed by atoms with Gasteiger partial charge in [0, 0.05) is 5.69 Å². The lowest BCUT2D eigenvalue weighted by Crippen LogP contribution is -2.32. The fourth-order valence-electron chi connectivity index (χ4n) is 3.52. The fourth-order valence-corrected chi connectivity index (χ4v) is 3.52. The number of benzene rings is 3. The highest BCUT2D eigenvalue weighted by molar-refractivity contribution is 6.46. The molecule has 2 amide bonds. The van der Waals surface area contributed by atoms with E-state index in [4.69, 9.17) is 10.00 Å². The van der Waals surface area contributed by atoms with E-state index < -0.39 is 17.6 Å². The van der Waals surface area contributed by atoms with Crippen molar-refractivity contribution in [2.24, 2.45) is 0 Å². The van der Waals surface area contributed by atoms with Gasteiger partial charge in [-0.2, -0.15) is 5.26 Å². The third-order valence-electron chi connectivity index (χ3n) is 4.95. The third kappa shape index (κ3) is 4.46. The number of amides is 2. The van der Waals surface area contributed by atoms with Gasteiger partial charge in [-0.15, -0.1) is 0 Å². The monoisotopic (exact) mass is 441 g/mol. The van der Waals surface area contributed by atoms with Gasteiger partial charge >= 0.3 is 0 Å². The summed E-state index contributed by atoms with van der Waals surface area (Å²) >= 11 is 0. The minimum atomic E-state index is -0.577. The molecule has 0 fully saturated rings. The Kier molecular flexibility index (Phi) is 5.92. The summed E-state index contributed by atoms with van der Waals surface area (Å²) in [5, 5.41) is 12.0. The Morgan fingerprint density at radius 3 is 2.27 bits per heavy atom. The van der Waals surface area contributed by atoms with Crippen LogP contribution < -0.4 is 15.0 Å². The van der Waals surface area contributed by atoms with Crippen LogP contribution in [0.25, 0.3) is 5.57 Å². The number of nitriles is 1. The number of carbonyl (C=O) groups excluding carboxylic acids is 2. The van der Waals surface area contributed by atoms with E-state index in [0.717, 1.165) is 4.90 Å². The summed E-state index contributed by atoms with van der Waals surface area (Å²) in [5.74, 6) is -0.944. The summed E-state index contributed by atoms with van der Waals surface area (Å²) in [7, 11) is 0. The molecular formula is C26H20FN3O3. The predicted octanol–water partition coefficient (Wildman–Crippen LogP) is 4.88. The molecule has 0 radical (unpaired) electrons. The highest BCUT2D eigenvalue weighted by Gasteiger charge is 2.40. The van der Waals surface area contributed by atoms with E-state index in [1.54, 1.807) is 30.3 Å². The van der Waals surface area contributed by atoms with Crippen LogP contribution in [-0.4, -0.2) is 17.9 Å². The van der Waals surface area contributed by atoms with E-state index in [-0.39, 0.29) is 17.4 Å². The second kappa shape index (κ2) is 8.97. The molecule has 0 aliphatic carbocycles. The van der Waals surface area contributed by atoms with Crippen molar-refractivity contribution < 1.29 is 18.7 Å². The van der Waals surface area contributed by atoms with Crippen LogP contribution >= 0.6 is 0 Å². The summed E-state index contributed by atoms with van der Waals surface area (Å²) < 4.78 is 19.4. The molecule has 1 heterocycles. The molecule has 33 heavy (non-hydrogen) atoms. The number of anilines is 2. The normalized spacial score (nSPS) is 13.5. The van der Waals surface area contributed by atoms with Gasteiger partial charge in [0.15, 0.2) is 0 Å². The van der Waals surface area contributed by atoms with Crippen molar-refractivity contribution >= 4 is 28.8 Å². The minimum Gasteiger partial charge on any atom is -0.491 e. The van der Waals surface area contributed by atoms with Crippen molar-refractivity contribution in [2.75, 3.05) is 10.2 Å². The Hall–Kier alpha value is -4.44. The Balaban J connectivity index is 1.77. The molecule has 0 saturated carbocycles. The van der Waals surface area contributed by atoms with Crippen molar-refractivity contribution in [3.8, 4) is 11.8 Å². The van der Waals surface area contributed by atoms with Gasteiger partial charge in [0.25, 0.3) is 11.8 Å². The Morgan fingerprint density at radius 2 is 1.67 bits per heavy atom. The largest absolute Gasteiger partial charge is 0.491 e. The van der Waals surface area contributed by atoms with Crippen molar-refractivity contribution in [1.82, 2.24) is 0 Å². The van der Waals surface area contributed by atoms with Gasteiger partial charge in [0.1, 0.15) is 17.3 Å².